The zero-order chi connectivity index (χ0) is 11.1. The van der Waals surface area contributed by atoms with Gasteiger partial charge in [-0.15, -0.1) is 5.10 Å². The van der Waals surface area contributed by atoms with E-state index in [0.717, 1.165) is 16.0 Å². The lowest BCUT2D eigenvalue weighted by Gasteiger charge is -2.05. The minimum atomic E-state index is 0.514. The van der Waals surface area contributed by atoms with E-state index in [1.54, 1.807) is 4.68 Å². The summed E-state index contributed by atoms with van der Waals surface area (Å²) in [6.07, 6.45) is 2.35. The monoisotopic (exact) mass is 279 g/mol. The average Bonchev–Trinajstić information content (AvgIpc) is 3.01. The highest BCUT2D eigenvalue weighted by Crippen LogP contribution is 2.39. The van der Waals surface area contributed by atoms with Gasteiger partial charge in [-0.1, -0.05) is 0 Å². The highest BCUT2D eigenvalue weighted by Gasteiger charge is 2.29. The number of nitrogen functional groups attached to an aromatic ring is 1. The topological polar surface area (TPSA) is 69.6 Å². The molecule has 0 amide bonds. The van der Waals surface area contributed by atoms with Crippen molar-refractivity contribution in [2.24, 2.45) is 0 Å². The Labute approximate surface area is 101 Å². The van der Waals surface area contributed by atoms with Crippen molar-refractivity contribution in [3.63, 3.8) is 0 Å². The first kappa shape index (κ1) is 9.77. The first-order chi connectivity index (χ1) is 7.75. The van der Waals surface area contributed by atoms with Gasteiger partial charge in [0.05, 0.1) is 5.69 Å². The van der Waals surface area contributed by atoms with Crippen LogP contribution in [-0.4, -0.2) is 20.2 Å². The van der Waals surface area contributed by atoms with Gasteiger partial charge >= 0.3 is 0 Å². The molecule has 1 aliphatic carbocycles. The van der Waals surface area contributed by atoms with Gasteiger partial charge in [-0.2, -0.15) is 4.68 Å². The molecule has 1 heterocycles. The van der Waals surface area contributed by atoms with Gasteiger partial charge in [0, 0.05) is 16.1 Å². The normalized spacial score (nSPS) is 15.3. The van der Waals surface area contributed by atoms with Crippen LogP contribution in [0, 0.1) is 0 Å². The van der Waals surface area contributed by atoms with Crippen molar-refractivity contribution in [3.05, 3.63) is 28.5 Å². The highest BCUT2D eigenvalue weighted by atomic mass is 79.9. The van der Waals surface area contributed by atoms with E-state index >= 15 is 0 Å². The molecule has 0 spiro atoms. The fourth-order valence-electron chi connectivity index (χ4n) is 1.64. The fraction of sp³-hybridized carbons (Fsp3) is 0.300. The van der Waals surface area contributed by atoms with E-state index in [1.165, 1.54) is 12.8 Å². The molecule has 0 atom stereocenters. The molecule has 2 aromatic rings. The summed E-state index contributed by atoms with van der Waals surface area (Å²) < 4.78 is 2.65. The molecule has 0 aliphatic heterocycles. The fourth-order valence-corrected chi connectivity index (χ4v) is 1.88. The Hall–Kier alpha value is -1.43. The summed E-state index contributed by atoms with van der Waals surface area (Å²) in [4.78, 5) is 0. The summed E-state index contributed by atoms with van der Waals surface area (Å²) in [6.45, 7) is 0. The van der Waals surface area contributed by atoms with Crippen LogP contribution in [0.25, 0.3) is 5.69 Å². The third-order valence-corrected chi connectivity index (χ3v) is 3.38. The Balaban J connectivity index is 2.07. The SMILES string of the molecule is Nc1cc(-n2nnnc2C2CC2)ccc1Br. The van der Waals surface area contributed by atoms with Crippen LogP contribution in [0.1, 0.15) is 24.6 Å². The number of hydrogen-bond acceptors (Lipinski definition) is 4. The van der Waals surface area contributed by atoms with Gasteiger partial charge in [0.1, 0.15) is 0 Å². The molecule has 0 saturated heterocycles. The smallest absolute Gasteiger partial charge is 0.159 e. The van der Waals surface area contributed by atoms with E-state index in [-0.39, 0.29) is 0 Å². The van der Waals surface area contributed by atoms with Gasteiger partial charge in [0.2, 0.25) is 0 Å². The first-order valence-electron chi connectivity index (χ1n) is 5.09. The molecule has 1 aliphatic rings. The molecular weight excluding hydrogens is 270 g/mol. The standard InChI is InChI=1S/C10H10BrN5/c11-8-4-3-7(5-9(8)12)16-10(6-1-2-6)13-14-15-16/h3-6H,1-2,12H2. The Morgan fingerprint density at radius 3 is 2.88 bits per heavy atom. The number of benzene rings is 1. The maximum Gasteiger partial charge on any atom is 0.159 e. The van der Waals surface area contributed by atoms with Crippen molar-refractivity contribution in [1.82, 2.24) is 20.2 Å². The molecule has 1 aromatic heterocycles. The molecule has 0 bridgehead atoms. The zero-order valence-electron chi connectivity index (χ0n) is 8.47. The first-order valence-corrected chi connectivity index (χ1v) is 5.88. The highest BCUT2D eigenvalue weighted by molar-refractivity contribution is 9.10. The number of anilines is 1. The van der Waals surface area contributed by atoms with Crippen LogP contribution in [0.2, 0.25) is 0 Å². The minimum Gasteiger partial charge on any atom is -0.398 e. The van der Waals surface area contributed by atoms with Gasteiger partial charge < -0.3 is 5.73 Å². The van der Waals surface area contributed by atoms with Gasteiger partial charge in [-0.3, -0.25) is 0 Å². The largest absolute Gasteiger partial charge is 0.398 e. The zero-order valence-corrected chi connectivity index (χ0v) is 10.1. The number of halogens is 1. The average molecular weight is 280 g/mol. The molecule has 16 heavy (non-hydrogen) atoms. The molecule has 3 rings (SSSR count). The maximum absolute atomic E-state index is 5.84. The van der Waals surface area contributed by atoms with E-state index in [1.807, 2.05) is 18.2 Å². The van der Waals surface area contributed by atoms with Gasteiger partial charge in [0.15, 0.2) is 5.82 Å². The van der Waals surface area contributed by atoms with Crippen molar-refractivity contribution < 1.29 is 0 Å². The predicted octanol–water partition coefficient (Wildman–Crippen LogP) is 1.88. The molecule has 0 unspecified atom stereocenters. The van der Waals surface area contributed by atoms with Gasteiger partial charge in [-0.25, -0.2) is 0 Å². The second-order valence-corrected chi connectivity index (χ2v) is 4.78. The van der Waals surface area contributed by atoms with E-state index < -0.39 is 0 Å². The predicted molar refractivity (Wildman–Crippen MR) is 63.2 cm³/mol. The Morgan fingerprint density at radius 1 is 1.38 bits per heavy atom. The molecule has 5 nitrogen and oxygen atoms in total. The quantitative estimate of drug-likeness (QED) is 0.853. The third kappa shape index (κ3) is 1.59. The molecule has 1 fully saturated rings. The Morgan fingerprint density at radius 2 is 2.19 bits per heavy atom. The minimum absolute atomic E-state index is 0.514. The maximum atomic E-state index is 5.84. The molecule has 0 radical (unpaired) electrons. The number of hydrogen-bond donors (Lipinski definition) is 1. The Bertz CT molecular complexity index is 532. The van der Waals surface area contributed by atoms with Crippen molar-refractivity contribution in [3.8, 4) is 5.69 Å². The lowest BCUT2D eigenvalue weighted by atomic mass is 10.3. The molecule has 82 valence electrons. The molecule has 1 saturated carbocycles. The lowest BCUT2D eigenvalue weighted by Crippen LogP contribution is -2.02. The van der Waals surface area contributed by atoms with Crippen molar-refractivity contribution >= 4 is 21.6 Å². The van der Waals surface area contributed by atoms with Crippen molar-refractivity contribution in [2.75, 3.05) is 5.73 Å². The van der Waals surface area contributed by atoms with Crippen molar-refractivity contribution in [2.45, 2.75) is 18.8 Å². The summed E-state index contributed by atoms with van der Waals surface area (Å²) in [7, 11) is 0. The summed E-state index contributed by atoms with van der Waals surface area (Å²) in [5.41, 5.74) is 7.44. The van der Waals surface area contributed by atoms with Gasteiger partial charge in [-0.05, 0) is 57.4 Å². The molecule has 2 N–H and O–H groups in total. The van der Waals surface area contributed by atoms with Crippen LogP contribution >= 0.6 is 15.9 Å². The van der Waals surface area contributed by atoms with Crippen LogP contribution < -0.4 is 5.73 Å². The van der Waals surface area contributed by atoms with E-state index in [0.29, 0.717) is 11.6 Å². The number of rotatable bonds is 2. The second kappa shape index (κ2) is 3.55. The van der Waals surface area contributed by atoms with E-state index in [9.17, 15) is 0 Å². The summed E-state index contributed by atoms with van der Waals surface area (Å²) in [6, 6.07) is 5.72. The van der Waals surface area contributed by atoms with E-state index in [4.69, 9.17) is 5.73 Å². The number of nitrogens with zero attached hydrogens (tertiary/aromatic N) is 4. The van der Waals surface area contributed by atoms with Gasteiger partial charge in [0.25, 0.3) is 0 Å². The molecule has 6 heteroatoms. The number of aromatic nitrogens is 4. The van der Waals surface area contributed by atoms with Crippen LogP contribution in [0.3, 0.4) is 0 Å². The van der Waals surface area contributed by atoms with Crippen molar-refractivity contribution in [1.29, 1.82) is 0 Å². The molecule has 1 aromatic carbocycles. The van der Waals surface area contributed by atoms with Crippen LogP contribution in [0.5, 0.6) is 0 Å². The summed E-state index contributed by atoms with van der Waals surface area (Å²) in [5.74, 6) is 1.45. The third-order valence-electron chi connectivity index (χ3n) is 2.66. The van der Waals surface area contributed by atoms with Crippen LogP contribution in [0.15, 0.2) is 22.7 Å². The number of tetrazole rings is 1. The van der Waals surface area contributed by atoms with Crippen LogP contribution in [0.4, 0.5) is 5.69 Å². The summed E-state index contributed by atoms with van der Waals surface area (Å²) in [5, 5.41) is 11.8. The Kier molecular flexibility index (Phi) is 2.17. The van der Waals surface area contributed by atoms with E-state index in [2.05, 4.69) is 31.5 Å². The summed E-state index contributed by atoms with van der Waals surface area (Å²) >= 11 is 3.37. The number of nitrogens with two attached hydrogens (primary N) is 1. The molecular formula is C10H10BrN5. The lowest BCUT2D eigenvalue weighted by molar-refractivity contribution is 0.763. The second-order valence-electron chi connectivity index (χ2n) is 3.93. The van der Waals surface area contributed by atoms with Crippen LogP contribution in [-0.2, 0) is 0 Å².